The smallest absolute Gasteiger partial charge is 0.307 e. The molecule has 3 N–H and O–H groups in total. The highest BCUT2D eigenvalue weighted by molar-refractivity contribution is 5.70. The molecule has 0 radical (unpaired) electrons. The number of hydrogen-bond donors (Lipinski definition) is 2. The number of nitrogens with two attached hydrogens (primary N) is 1. The van der Waals surface area contributed by atoms with Crippen molar-refractivity contribution in [2.45, 2.75) is 19.3 Å². The van der Waals surface area contributed by atoms with E-state index in [-0.39, 0.29) is 18.3 Å². The van der Waals surface area contributed by atoms with Crippen LogP contribution in [0.5, 0.6) is 0 Å². The summed E-state index contributed by atoms with van der Waals surface area (Å²) in [7, 11) is 0. The lowest BCUT2D eigenvalue weighted by Crippen LogP contribution is -2.25. The second-order valence-electron chi connectivity index (χ2n) is 3.93. The van der Waals surface area contributed by atoms with Crippen LogP contribution < -0.4 is 5.73 Å². The summed E-state index contributed by atoms with van der Waals surface area (Å²) in [6.07, 6.45) is 0.354. The van der Waals surface area contributed by atoms with Crippen molar-refractivity contribution in [1.82, 2.24) is 0 Å². The Labute approximate surface area is 94.1 Å². The summed E-state index contributed by atoms with van der Waals surface area (Å²) in [5.74, 6) is -1.98. The second-order valence-corrected chi connectivity index (χ2v) is 3.93. The summed E-state index contributed by atoms with van der Waals surface area (Å²) in [5, 5.41) is 8.86. The van der Waals surface area contributed by atoms with Gasteiger partial charge in [0.05, 0.1) is 5.92 Å². The van der Waals surface area contributed by atoms with E-state index in [1.807, 2.05) is 6.92 Å². The van der Waals surface area contributed by atoms with Crippen molar-refractivity contribution in [1.29, 1.82) is 0 Å². The molecule has 1 aromatic rings. The number of halogens is 1. The Morgan fingerprint density at radius 3 is 2.62 bits per heavy atom. The van der Waals surface area contributed by atoms with Crippen molar-refractivity contribution < 1.29 is 14.3 Å². The molecule has 0 heterocycles. The van der Waals surface area contributed by atoms with Gasteiger partial charge in [0, 0.05) is 6.54 Å². The molecule has 4 heteroatoms. The zero-order chi connectivity index (χ0) is 12.1. The van der Waals surface area contributed by atoms with Gasteiger partial charge < -0.3 is 10.8 Å². The van der Waals surface area contributed by atoms with Crippen LogP contribution in [0.2, 0.25) is 0 Å². The van der Waals surface area contributed by atoms with Crippen molar-refractivity contribution in [3.05, 3.63) is 35.6 Å². The molecular weight excluding hydrogens is 209 g/mol. The van der Waals surface area contributed by atoms with Gasteiger partial charge in [0.1, 0.15) is 5.82 Å². The fourth-order valence-electron chi connectivity index (χ4n) is 1.73. The van der Waals surface area contributed by atoms with Gasteiger partial charge in [0.25, 0.3) is 0 Å². The summed E-state index contributed by atoms with van der Waals surface area (Å²) in [6.45, 7) is 1.89. The van der Waals surface area contributed by atoms with Gasteiger partial charge in [-0.15, -0.1) is 0 Å². The Morgan fingerprint density at radius 2 is 2.12 bits per heavy atom. The fourth-order valence-corrected chi connectivity index (χ4v) is 1.73. The first-order chi connectivity index (χ1) is 7.56. The molecule has 0 aliphatic carbocycles. The second kappa shape index (κ2) is 5.61. The van der Waals surface area contributed by atoms with Gasteiger partial charge in [0.2, 0.25) is 0 Å². The summed E-state index contributed by atoms with van der Waals surface area (Å²) < 4.78 is 13.4. The number of benzene rings is 1. The van der Waals surface area contributed by atoms with E-state index in [4.69, 9.17) is 10.8 Å². The van der Waals surface area contributed by atoms with Crippen LogP contribution in [0.4, 0.5) is 4.39 Å². The zero-order valence-corrected chi connectivity index (χ0v) is 9.19. The summed E-state index contributed by atoms with van der Waals surface area (Å²) in [4.78, 5) is 10.8. The molecule has 0 spiro atoms. The Balaban J connectivity index is 2.75. The third kappa shape index (κ3) is 3.03. The summed E-state index contributed by atoms with van der Waals surface area (Å²) in [5.41, 5.74) is 5.91. The van der Waals surface area contributed by atoms with E-state index in [1.54, 1.807) is 18.2 Å². The largest absolute Gasteiger partial charge is 0.481 e. The first-order valence-corrected chi connectivity index (χ1v) is 5.23. The van der Waals surface area contributed by atoms with E-state index in [0.717, 1.165) is 0 Å². The van der Waals surface area contributed by atoms with Crippen LogP contribution in [0, 0.1) is 11.7 Å². The third-order valence-electron chi connectivity index (χ3n) is 2.71. The van der Waals surface area contributed by atoms with Crippen LogP contribution in [0.1, 0.15) is 24.8 Å². The number of rotatable bonds is 5. The van der Waals surface area contributed by atoms with Crippen LogP contribution in [-0.2, 0) is 4.79 Å². The fraction of sp³-hybridized carbons (Fsp3) is 0.417. The molecule has 0 aromatic heterocycles. The molecule has 3 nitrogen and oxygen atoms in total. The van der Waals surface area contributed by atoms with Crippen LogP contribution in [0.3, 0.4) is 0 Å². The average molecular weight is 225 g/mol. The van der Waals surface area contributed by atoms with E-state index in [2.05, 4.69) is 0 Å². The van der Waals surface area contributed by atoms with Crippen molar-refractivity contribution >= 4 is 5.97 Å². The highest BCUT2D eigenvalue weighted by atomic mass is 19.1. The molecule has 0 saturated heterocycles. The summed E-state index contributed by atoms with van der Waals surface area (Å²) >= 11 is 0. The van der Waals surface area contributed by atoms with Crippen molar-refractivity contribution in [3.63, 3.8) is 0 Å². The molecule has 0 amide bonds. The lowest BCUT2D eigenvalue weighted by atomic mass is 9.90. The van der Waals surface area contributed by atoms with Gasteiger partial charge in [-0.1, -0.05) is 25.1 Å². The zero-order valence-electron chi connectivity index (χ0n) is 9.19. The van der Waals surface area contributed by atoms with Gasteiger partial charge in [-0.25, -0.2) is 4.39 Å². The normalized spacial score (nSPS) is 14.4. The minimum atomic E-state index is -0.925. The Kier molecular flexibility index (Phi) is 4.43. The van der Waals surface area contributed by atoms with Crippen LogP contribution >= 0.6 is 0 Å². The Hall–Kier alpha value is -1.42. The van der Waals surface area contributed by atoms with Gasteiger partial charge in [-0.3, -0.25) is 4.79 Å². The van der Waals surface area contributed by atoms with Crippen molar-refractivity contribution in [2.24, 2.45) is 11.7 Å². The number of hydrogen-bond acceptors (Lipinski definition) is 2. The van der Waals surface area contributed by atoms with Gasteiger partial charge >= 0.3 is 5.97 Å². The van der Waals surface area contributed by atoms with Gasteiger partial charge in [-0.2, -0.15) is 0 Å². The minimum absolute atomic E-state index is 0.0775. The van der Waals surface area contributed by atoms with Crippen LogP contribution in [0.25, 0.3) is 0 Å². The van der Waals surface area contributed by atoms with E-state index in [0.29, 0.717) is 12.0 Å². The van der Waals surface area contributed by atoms with Crippen molar-refractivity contribution in [3.8, 4) is 0 Å². The number of carboxylic acids is 1. The number of carboxylic acid groups (broad SMARTS) is 1. The lowest BCUT2D eigenvalue weighted by molar-refractivity contribution is -0.141. The molecule has 2 atom stereocenters. The highest BCUT2D eigenvalue weighted by Crippen LogP contribution is 2.25. The first-order valence-electron chi connectivity index (χ1n) is 5.23. The molecule has 16 heavy (non-hydrogen) atoms. The predicted octanol–water partition coefficient (Wildman–Crippen LogP) is 1.98. The molecule has 0 aliphatic heterocycles. The molecule has 88 valence electrons. The Morgan fingerprint density at radius 1 is 1.50 bits per heavy atom. The topological polar surface area (TPSA) is 63.3 Å². The van der Waals surface area contributed by atoms with Gasteiger partial charge in [-0.05, 0) is 24.0 Å². The molecule has 0 bridgehead atoms. The van der Waals surface area contributed by atoms with E-state index >= 15 is 0 Å². The van der Waals surface area contributed by atoms with Crippen LogP contribution in [-0.4, -0.2) is 17.6 Å². The van der Waals surface area contributed by atoms with E-state index in [1.165, 1.54) is 6.07 Å². The van der Waals surface area contributed by atoms with Crippen LogP contribution in [0.15, 0.2) is 24.3 Å². The molecule has 2 unspecified atom stereocenters. The predicted molar refractivity (Wildman–Crippen MR) is 59.6 cm³/mol. The molecule has 0 aliphatic rings. The number of carbonyl (C=O) groups is 1. The molecule has 0 saturated carbocycles. The third-order valence-corrected chi connectivity index (χ3v) is 2.71. The molecule has 1 aromatic carbocycles. The summed E-state index contributed by atoms with van der Waals surface area (Å²) in [6, 6.07) is 6.41. The monoisotopic (exact) mass is 225 g/mol. The van der Waals surface area contributed by atoms with E-state index < -0.39 is 11.9 Å². The molecule has 1 rings (SSSR count). The minimum Gasteiger partial charge on any atom is -0.481 e. The molecular formula is C12H16FNO2. The standard InChI is InChI=1S/C12H16FNO2/c1-8(6-9(7-14)12(15)16)10-4-2-3-5-11(10)13/h2-5,8-9H,6-7,14H2,1H3,(H,15,16). The average Bonchev–Trinajstić information content (AvgIpc) is 2.25. The van der Waals surface area contributed by atoms with Crippen molar-refractivity contribution in [2.75, 3.05) is 6.54 Å². The lowest BCUT2D eigenvalue weighted by Gasteiger charge is -2.16. The SMILES string of the molecule is CC(CC(CN)C(=O)O)c1ccccc1F. The van der Waals surface area contributed by atoms with Gasteiger partial charge in [0.15, 0.2) is 0 Å². The molecule has 0 fully saturated rings. The van der Waals surface area contributed by atoms with E-state index in [9.17, 15) is 9.18 Å². The Bertz CT molecular complexity index is 368. The highest BCUT2D eigenvalue weighted by Gasteiger charge is 2.21. The maximum Gasteiger partial charge on any atom is 0.307 e. The number of aliphatic carboxylic acids is 1. The maximum absolute atomic E-state index is 13.4. The quantitative estimate of drug-likeness (QED) is 0.805. The first kappa shape index (κ1) is 12.6. The maximum atomic E-state index is 13.4.